The Morgan fingerprint density at radius 1 is 1.31 bits per heavy atom. The third-order valence-electron chi connectivity index (χ3n) is 5.02. The summed E-state index contributed by atoms with van der Waals surface area (Å²) in [4.78, 5) is 26.0. The number of benzene rings is 1. The van der Waals surface area contributed by atoms with Crippen LogP contribution in [0.5, 0.6) is 0 Å². The number of halogens is 1. The van der Waals surface area contributed by atoms with Crippen molar-refractivity contribution in [1.29, 1.82) is 0 Å². The minimum absolute atomic E-state index is 0.150. The van der Waals surface area contributed by atoms with E-state index in [4.69, 9.17) is 16.3 Å². The summed E-state index contributed by atoms with van der Waals surface area (Å²) in [6.07, 6.45) is 4.99. The first-order valence-corrected chi connectivity index (χ1v) is 10.2. The van der Waals surface area contributed by atoms with Crippen LogP contribution in [0, 0.1) is 12.8 Å². The van der Waals surface area contributed by atoms with E-state index in [9.17, 15) is 9.59 Å². The van der Waals surface area contributed by atoms with Crippen molar-refractivity contribution in [2.75, 3.05) is 19.7 Å². The molecule has 1 aromatic heterocycles. The van der Waals surface area contributed by atoms with Crippen LogP contribution < -0.4 is 0 Å². The highest BCUT2D eigenvalue weighted by Crippen LogP contribution is 2.22. The van der Waals surface area contributed by atoms with E-state index in [0.717, 1.165) is 31.5 Å². The molecule has 1 amide bonds. The summed E-state index contributed by atoms with van der Waals surface area (Å²) in [5.41, 5.74) is 2.46. The van der Waals surface area contributed by atoms with Crippen LogP contribution in [-0.2, 0) is 20.9 Å². The third-order valence-corrected chi connectivity index (χ3v) is 5.42. The number of aryl methyl sites for hydroxylation is 1. The number of carbonyl (C=O) groups is 2. The van der Waals surface area contributed by atoms with Crippen LogP contribution in [0.15, 0.2) is 36.4 Å². The van der Waals surface area contributed by atoms with Crippen LogP contribution in [0.1, 0.15) is 36.6 Å². The van der Waals surface area contributed by atoms with Gasteiger partial charge in [0, 0.05) is 24.7 Å². The summed E-state index contributed by atoms with van der Waals surface area (Å²) >= 11 is 6.44. The summed E-state index contributed by atoms with van der Waals surface area (Å²) in [6.45, 7) is 5.71. The molecule has 154 valence electrons. The summed E-state index contributed by atoms with van der Waals surface area (Å²) in [7, 11) is 0. The van der Waals surface area contributed by atoms with Gasteiger partial charge in [0.1, 0.15) is 5.15 Å². The Labute approximate surface area is 176 Å². The topological polar surface area (TPSA) is 64.4 Å². The summed E-state index contributed by atoms with van der Waals surface area (Å²) in [5, 5.41) is 4.90. The molecule has 0 bridgehead atoms. The van der Waals surface area contributed by atoms with Gasteiger partial charge in [-0.3, -0.25) is 4.79 Å². The predicted molar refractivity (Wildman–Crippen MR) is 112 cm³/mol. The second kappa shape index (κ2) is 9.74. The van der Waals surface area contributed by atoms with E-state index >= 15 is 0 Å². The monoisotopic (exact) mass is 415 g/mol. The van der Waals surface area contributed by atoms with Crippen molar-refractivity contribution in [3.05, 3.63) is 58.4 Å². The minimum Gasteiger partial charge on any atom is -0.452 e. The highest BCUT2D eigenvalue weighted by molar-refractivity contribution is 6.31. The summed E-state index contributed by atoms with van der Waals surface area (Å²) in [6, 6.07) is 9.88. The largest absolute Gasteiger partial charge is 0.452 e. The first-order chi connectivity index (χ1) is 13.9. The van der Waals surface area contributed by atoms with E-state index in [-0.39, 0.29) is 12.5 Å². The zero-order valence-electron chi connectivity index (χ0n) is 16.8. The highest BCUT2D eigenvalue weighted by Gasteiger charge is 2.21. The van der Waals surface area contributed by atoms with Gasteiger partial charge in [-0.05, 0) is 37.3 Å². The minimum atomic E-state index is -0.574. The first-order valence-electron chi connectivity index (χ1n) is 9.83. The Balaban J connectivity index is 1.56. The number of hydrogen-bond donors (Lipinski definition) is 0. The second-order valence-electron chi connectivity index (χ2n) is 7.46. The number of esters is 1. The fourth-order valence-electron chi connectivity index (χ4n) is 3.46. The lowest BCUT2D eigenvalue weighted by atomic mass is 10.0. The number of nitrogens with zero attached hydrogens (tertiary/aromatic N) is 3. The summed E-state index contributed by atoms with van der Waals surface area (Å²) < 4.78 is 6.80. The van der Waals surface area contributed by atoms with Crippen LogP contribution >= 0.6 is 11.6 Å². The van der Waals surface area contributed by atoms with Gasteiger partial charge in [-0.25, -0.2) is 9.48 Å². The van der Waals surface area contributed by atoms with Gasteiger partial charge < -0.3 is 9.64 Å². The molecule has 6 nitrogen and oxygen atoms in total. The highest BCUT2D eigenvalue weighted by atomic mass is 35.5. The molecule has 0 radical (unpaired) electrons. The third kappa shape index (κ3) is 5.70. The van der Waals surface area contributed by atoms with Gasteiger partial charge in [-0.15, -0.1) is 0 Å². The van der Waals surface area contributed by atoms with Crippen molar-refractivity contribution in [3.63, 3.8) is 0 Å². The number of piperidine rings is 1. The molecule has 2 heterocycles. The molecule has 3 rings (SSSR count). The Kier molecular flexibility index (Phi) is 7.09. The van der Waals surface area contributed by atoms with Crippen molar-refractivity contribution in [1.82, 2.24) is 14.7 Å². The number of carbonyl (C=O) groups excluding carboxylic acids is 2. The lowest BCUT2D eigenvalue weighted by Gasteiger charge is -2.30. The molecule has 0 saturated carbocycles. The predicted octanol–water partition coefficient (Wildman–Crippen LogP) is 3.71. The van der Waals surface area contributed by atoms with Gasteiger partial charge in [0.2, 0.25) is 0 Å². The van der Waals surface area contributed by atoms with Gasteiger partial charge in [0.05, 0.1) is 12.2 Å². The molecule has 29 heavy (non-hydrogen) atoms. The molecular weight excluding hydrogens is 390 g/mol. The molecule has 0 N–H and O–H groups in total. The molecule has 2 aromatic rings. The van der Waals surface area contributed by atoms with E-state index in [2.05, 4.69) is 12.0 Å². The van der Waals surface area contributed by atoms with Gasteiger partial charge in [0.15, 0.2) is 6.61 Å². The van der Waals surface area contributed by atoms with Gasteiger partial charge in [-0.2, -0.15) is 5.10 Å². The Morgan fingerprint density at radius 2 is 2.07 bits per heavy atom. The Bertz CT molecular complexity index is 892. The average Bonchev–Trinajstić information content (AvgIpc) is 2.98. The molecule has 0 aliphatic carbocycles. The number of ether oxygens (including phenoxy) is 1. The summed E-state index contributed by atoms with van der Waals surface area (Å²) in [5.74, 6) is -0.237. The number of aromatic nitrogens is 2. The van der Waals surface area contributed by atoms with Crippen LogP contribution in [-0.4, -0.2) is 46.3 Å². The molecular formula is C22H26ClN3O3. The van der Waals surface area contributed by atoms with E-state index in [0.29, 0.717) is 28.9 Å². The number of rotatable bonds is 6. The molecule has 7 heteroatoms. The van der Waals surface area contributed by atoms with E-state index in [1.165, 1.54) is 6.08 Å². The fraction of sp³-hybridized carbons (Fsp3) is 0.409. The molecule has 1 saturated heterocycles. The van der Waals surface area contributed by atoms with E-state index in [1.807, 2.05) is 37.3 Å². The van der Waals surface area contributed by atoms with Crippen LogP contribution in [0.3, 0.4) is 0 Å². The van der Waals surface area contributed by atoms with Crippen LogP contribution in [0.25, 0.3) is 6.08 Å². The van der Waals surface area contributed by atoms with Crippen molar-refractivity contribution in [2.45, 2.75) is 33.2 Å². The molecule has 1 atom stereocenters. The zero-order chi connectivity index (χ0) is 20.8. The molecule has 1 aliphatic rings. The van der Waals surface area contributed by atoms with Gasteiger partial charge >= 0.3 is 5.97 Å². The van der Waals surface area contributed by atoms with E-state index < -0.39 is 5.97 Å². The maximum Gasteiger partial charge on any atom is 0.331 e. The quantitative estimate of drug-likeness (QED) is 0.533. The smallest absolute Gasteiger partial charge is 0.331 e. The standard InChI is InChI=1S/C22H26ClN3O3/c1-16-7-6-12-25(13-16)20(27)15-29-21(28)11-10-19-17(2)24-26(22(19)23)14-18-8-4-3-5-9-18/h3-5,8-11,16H,6-7,12-15H2,1-2H3/b11-10+/t16-/m0/s1. The van der Waals surface area contributed by atoms with E-state index in [1.54, 1.807) is 15.7 Å². The van der Waals surface area contributed by atoms with Crippen molar-refractivity contribution < 1.29 is 14.3 Å². The normalized spacial score (nSPS) is 16.9. The van der Waals surface area contributed by atoms with Crippen LogP contribution in [0.4, 0.5) is 0 Å². The van der Waals surface area contributed by atoms with Gasteiger partial charge in [0.25, 0.3) is 5.91 Å². The SMILES string of the molecule is Cc1nn(Cc2ccccc2)c(Cl)c1/C=C/C(=O)OCC(=O)N1CCC[C@H](C)C1. The zero-order valence-corrected chi connectivity index (χ0v) is 17.6. The second-order valence-corrected chi connectivity index (χ2v) is 7.82. The van der Waals surface area contributed by atoms with Crippen LogP contribution in [0.2, 0.25) is 5.15 Å². The Hall–Kier alpha value is -2.60. The maximum absolute atomic E-state index is 12.2. The number of amides is 1. The number of likely N-dealkylation sites (tertiary alicyclic amines) is 1. The molecule has 0 spiro atoms. The molecule has 0 unspecified atom stereocenters. The average molecular weight is 416 g/mol. The van der Waals surface area contributed by atoms with Gasteiger partial charge in [-0.1, -0.05) is 48.9 Å². The molecule has 1 aromatic carbocycles. The lowest BCUT2D eigenvalue weighted by molar-refractivity contribution is -0.149. The maximum atomic E-state index is 12.2. The fourth-order valence-corrected chi connectivity index (χ4v) is 3.75. The van der Waals surface area contributed by atoms with Crippen molar-refractivity contribution >= 4 is 29.6 Å². The van der Waals surface area contributed by atoms with Crippen molar-refractivity contribution in [3.8, 4) is 0 Å². The number of hydrogen-bond acceptors (Lipinski definition) is 4. The molecule has 1 aliphatic heterocycles. The lowest BCUT2D eigenvalue weighted by Crippen LogP contribution is -2.41. The Morgan fingerprint density at radius 3 is 2.79 bits per heavy atom. The first kappa shape index (κ1) is 21.1. The van der Waals surface area contributed by atoms with Crippen molar-refractivity contribution in [2.24, 2.45) is 5.92 Å². The molecule has 1 fully saturated rings.